The van der Waals surface area contributed by atoms with E-state index in [0.29, 0.717) is 11.6 Å². The van der Waals surface area contributed by atoms with Gasteiger partial charge in [0, 0.05) is 11.1 Å². The van der Waals surface area contributed by atoms with E-state index in [2.05, 4.69) is 9.97 Å². The van der Waals surface area contributed by atoms with Crippen LogP contribution in [-0.2, 0) is 0 Å². The van der Waals surface area contributed by atoms with Crippen molar-refractivity contribution >= 4 is 11.0 Å². The molecule has 0 saturated heterocycles. The summed E-state index contributed by atoms with van der Waals surface area (Å²) in [5.41, 5.74) is 1.38. The minimum atomic E-state index is -2.51. The second-order valence-electron chi connectivity index (χ2n) is 3.85. The van der Waals surface area contributed by atoms with Crippen LogP contribution in [0, 0.1) is 0 Å². The average molecular weight is 210 g/mol. The van der Waals surface area contributed by atoms with Crippen molar-refractivity contribution in [2.45, 2.75) is 26.2 Å². The molecule has 0 bridgehead atoms. The van der Waals surface area contributed by atoms with Gasteiger partial charge in [-0.2, -0.15) is 0 Å². The van der Waals surface area contributed by atoms with Gasteiger partial charge in [0.25, 0.3) is 6.43 Å². The Bertz CT molecular complexity index is 468. The molecule has 2 rings (SSSR count). The molecule has 2 aromatic heterocycles. The van der Waals surface area contributed by atoms with Gasteiger partial charge in [0.15, 0.2) is 0 Å². The standard InChI is InChI=1S/C11H12F2N2/c1-6(2)9-5-7-3-4-8(10(12)13)14-11(7)15-9/h3-6,10H,1-2H3,(H,14,15). The van der Waals surface area contributed by atoms with Crippen LogP contribution in [0.4, 0.5) is 8.78 Å². The Morgan fingerprint density at radius 3 is 2.60 bits per heavy atom. The first-order chi connectivity index (χ1) is 7.08. The summed E-state index contributed by atoms with van der Waals surface area (Å²) in [6, 6.07) is 4.99. The molecule has 2 aromatic rings. The topological polar surface area (TPSA) is 28.7 Å². The summed E-state index contributed by atoms with van der Waals surface area (Å²) in [6.07, 6.45) is -2.51. The maximum absolute atomic E-state index is 12.4. The molecule has 0 saturated carbocycles. The smallest absolute Gasteiger partial charge is 0.280 e. The van der Waals surface area contributed by atoms with Crippen molar-refractivity contribution in [1.82, 2.24) is 9.97 Å². The van der Waals surface area contributed by atoms with Crippen LogP contribution in [-0.4, -0.2) is 9.97 Å². The van der Waals surface area contributed by atoms with Crippen molar-refractivity contribution in [3.63, 3.8) is 0 Å². The third-order valence-corrected chi connectivity index (χ3v) is 2.37. The van der Waals surface area contributed by atoms with Gasteiger partial charge in [-0.05, 0) is 24.1 Å². The second-order valence-corrected chi connectivity index (χ2v) is 3.85. The van der Waals surface area contributed by atoms with Crippen LogP contribution in [0.1, 0.15) is 37.6 Å². The fraction of sp³-hybridized carbons (Fsp3) is 0.364. The van der Waals surface area contributed by atoms with Crippen LogP contribution >= 0.6 is 0 Å². The number of aromatic amines is 1. The molecule has 0 aliphatic carbocycles. The Kier molecular flexibility index (Phi) is 2.42. The fourth-order valence-electron chi connectivity index (χ4n) is 1.47. The number of fused-ring (bicyclic) bond motifs is 1. The summed E-state index contributed by atoms with van der Waals surface area (Å²) < 4.78 is 24.8. The predicted molar refractivity (Wildman–Crippen MR) is 55.1 cm³/mol. The number of rotatable bonds is 2. The Morgan fingerprint density at radius 2 is 2.00 bits per heavy atom. The van der Waals surface area contributed by atoms with Crippen LogP contribution in [0.5, 0.6) is 0 Å². The number of H-pyrrole nitrogens is 1. The highest BCUT2D eigenvalue weighted by atomic mass is 19.3. The van der Waals surface area contributed by atoms with E-state index in [9.17, 15) is 8.78 Å². The first-order valence-electron chi connectivity index (χ1n) is 4.85. The number of aromatic nitrogens is 2. The lowest BCUT2D eigenvalue weighted by molar-refractivity contribution is 0.146. The zero-order chi connectivity index (χ0) is 11.0. The Labute approximate surface area is 86.3 Å². The van der Waals surface area contributed by atoms with Gasteiger partial charge in [0.2, 0.25) is 0 Å². The molecule has 15 heavy (non-hydrogen) atoms. The molecule has 1 N–H and O–H groups in total. The maximum Gasteiger partial charge on any atom is 0.280 e. The maximum atomic E-state index is 12.4. The number of hydrogen-bond donors (Lipinski definition) is 1. The first-order valence-corrected chi connectivity index (χ1v) is 4.85. The van der Waals surface area contributed by atoms with Gasteiger partial charge in [0.1, 0.15) is 11.3 Å². The molecule has 0 unspecified atom stereocenters. The summed E-state index contributed by atoms with van der Waals surface area (Å²) in [6.45, 7) is 4.08. The normalized spacial score (nSPS) is 11.9. The van der Waals surface area contributed by atoms with E-state index >= 15 is 0 Å². The van der Waals surface area contributed by atoms with E-state index in [0.717, 1.165) is 11.1 Å². The highest BCUT2D eigenvalue weighted by Crippen LogP contribution is 2.23. The van der Waals surface area contributed by atoms with Gasteiger partial charge >= 0.3 is 0 Å². The van der Waals surface area contributed by atoms with Crippen LogP contribution < -0.4 is 0 Å². The first kappa shape index (κ1) is 10.1. The zero-order valence-corrected chi connectivity index (χ0v) is 8.59. The number of nitrogens with one attached hydrogen (secondary N) is 1. The van der Waals surface area contributed by atoms with Crippen molar-refractivity contribution in [2.75, 3.05) is 0 Å². The van der Waals surface area contributed by atoms with Crippen LogP contribution in [0.15, 0.2) is 18.2 Å². The van der Waals surface area contributed by atoms with Crippen LogP contribution in [0.25, 0.3) is 11.0 Å². The zero-order valence-electron chi connectivity index (χ0n) is 8.59. The Hall–Kier alpha value is -1.45. The molecule has 0 aromatic carbocycles. The molecule has 0 spiro atoms. The fourth-order valence-corrected chi connectivity index (χ4v) is 1.47. The van der Waals surface area contributed by atoms with Crippen molar-refractivity contribution in [3.05, 3.63) is 29.6 Å². The lowest BCUT2D eigenvalue weighted by atomic mass is 10.1. The number of halogens is 2. The monoisotopic (exact) mass is 210 g/mol. The predicted octanol–water partition coefficient (Wildman–Crippen LogP) is 3.62. The van der Waals surface area contributed by atoms with E-state index < -0.39 is 6.43 Å². The molecule has 0 amide bonds. The van der Waals surface area contributed by atoms with Crippen LogP contribution in [0.3, 0.4) is 0 Å². The Morgan fingerprint density at radius 1 is 1.27 bits per heavy atom. The van der Waals surface area contributed by atoms with Gasteiger partial charge in [-0.3, -0.25) is 0 Å². The lowest BCUT2D eigenvalue weighted by Gasteiger charge is -1.98. The van der Waals surface area contributed by atoms with E-state index in [4.69, 9.17) is 0 Å². The molecular formula is C11H12F2N2. The SMILES string of the molecule is CC(C)c1cc2ccc(C(F)F)nc2[nH]1. The van der Waals surface area contributed by atoms with Gasteiger partial charge in [-0.25, -0.2) is 13.8 Å². The highest BCUT2D eigenvalue weighted by Gasteiger charge is 2.11. The van der Waals surface area contributed by atoms with Gasteiger partial charge in [-0.1, -0.05) is 13.8 Å². The molecule has 0 fully saturated rings. The molecule has 4 heteroatoms. The molecule has 2 heterocycles. The lowest BCUT2D eigenvalue weighted by Crippen LogP contribution is -1.90. The average Bonchev–Trinajstić information content (AvgIpc) is 2.59. The molecule has 0 atom stereocenters. The van der Waals surface area contributed by atoms with E-state index in [-0.39, 0.29) is 5.69 Å². The molecule has 0 radical (unpaired) electrons. The number of alkyl halides is 2. The van der Waals surface area contributed by atoms with Crippen molar-refractivity contribution < 1.29 is 8.78 Å². The van der Waals surface area contributed by atoms with Crippen molar-refractivity contribution in [2.24, 2.45) is 0 Å². The summed E-state index contributed by atoms with van der Waals surface area (Å²) in [5, 5.41) is 0.878. The largest absolute Gasteiger partial charge is 0.343 e. The highest BCUT2D eigenvalue weighted by molar-refractivity contribution is 5.76. The van der Waals surface area contributed by atoms with Gasteiger partial charge < -0.3 is 4.98 Å². The molecule has 80 valence electrons. The van der Waals surface area contributed by atoms with Crippen molar-refractivity contribution in [3.8, 4) is 0 Å². The molecule has 0 aliphatic rings. The summed E-state index contributed by atoms with van der Waals surface area (Å²) >= 11 is 0. The number of nitrogens with zero attached hydrogens (tertiary/aromatic N) is 1. The Balaban J connectivity index is 2.52. The second kappa shape index (κ2) is 3.61. The molecule has 0 aliphatic heterocycles. The number of hydrogen-bond acceptors (Lipinski definition) is 1. The minimum Gasteiger partial charge on any atom is -0.343 e. The molecular weight excluding hydrogens is 198 g/mol. The minimum absolute atomic E-state index is 0.181. The number of pyridine rings is 1. The third-order valence-electron chi connectivity index (χ3n) is 2.37. The van der Waals surface area contributed by atoms with Crippen LogP contribution in [0.2, 0.25) is 0 Å². The van der Waals surface area contributed by atoms with E-state index in [1.807, 2.05) is 19.9 Å². The summed E-state index contributed by atoms with van der Waals surface area (Å²) in [5.74, 6) is 0.342. The van der Waals surface area contributed by atoms with E-state index in [1.54, 1.807) is 6.07 Å². The van der Waals surface area contributed by atoms with Crippen molar-refractivity contribution in [1.29, 1.82) is 0 Å². The molecule has 2 nitrogen and oxygen atoms in total. The summed E-state index contributed by atoms with van der Waals surface area (Å²) in [4.78, 5) is 6.92. The summed E-state index contributed by atoms with van der Waals surface area (Å²) in [7, 11) is 0. The third kappa shape index (κ3) is 1.84. The van der Waals surface area contributed by atoms with E-state index in [1.165, 1.54) is 6.07 Å². The van der Waals surface area contributed by atoms with Gasteiger partial charge in [-0.15, -0.1) is 0 Å². The quantitative estimate of drug-likeness (QED) is 0.805. The van der Waals surface area contributed by atoms with Gasteiger partial charge in [0.05, 0.1) is 0 Å².